The van der Waals surface area contributed by atoms with E-state index >= 15 is 0 Å². The van der Waals surface area contributed by atoms with E-state index in [0.29, 0.717) is 12.8 Å². The predicted octanol–water partition coefficient (Wildman–Crippen LogP) is 1.50. The number of rotatable bonds is 9. The minimum atomic E-state index is -1.01. The number of halogens is 1. The summed E-state index contributed by atoms with van der Waals surface area (Å²) in [6.07, 6.45) is 2.40. The molecule has 2 N–H and O–H groups in total. The molecule has 1 rings (SSSR count). The van der Waals surface area contributed by atoms with Gasteiger partial charge in [-0.05, 0) is 24.5 Å². The maximum absolute atomic E-state index is 13.8. The van der Waals surface area contributed by atoms with Crippen LogP contribution in [0.3, 0.4) is 0 Å². The lowest BCUT2D eigenvalue weighted by Crippen LogP contribution is -2.52. The van der Waals surface area contributed by atoms with E-state index in [0.717, 1.165) is 0 Å². The molecular weight excluding hydrogens is 327 g/mol. The quantitative estimate of drug-likeness (QED) is 0.522. The van der Waals surface area contributed by atoms with E-state index in [1.807, 2.05) is 0 Å². The molecule has 0 aliphatic carbocycles. The monoisotopic (exact) mass is 350 g/mol. The third kappa shape index (κ3) is 6.74. The first-order valence-corrected chi connectivity index (χ1v) is 7.88. The van der Waals surface area contributed by atoms with Crippen LogP contribution in [0.5, 0.6) is 0 Å². The Morgan fingerprint density at radius 1 is 1.24 bits per heavy atom. The Morgan fingerprint density at radius 3 is 2.48 bits per heavy atom. The molecule has 0 aliphatic rings. The van der Waals surface area contributed by atoms with Gasteiger partial charge in [0.25, 0.3) is 0 Å². The zero-order chi connectivity index (χ0) is 18.8. The van der Waals surface area contributed by atoms with Crippen LogP contribution < -0.4 is 10.6 Å². The fourth-order valence-corrected chi connectivity index (χ4v) is 2.29. The highest BCUT2D eigenvalue weighted by Gasteiger charge is 2.27. The summed E-state index contributed by atoms with van der Waals surface area (Å²) in [5.41, 5.74) is 0.289. The summed E-state index contributed by atoms with van der Waals surface area (Å²) >= 11 is 0. The van der Waals surface area contributed by atoms with Crippen LogP contribution in [0, 0.1) is 5.82 Å². The molecule has 7 heteroatoms. The van der Waals surface area contributed by atoms with E-state index in [1.54, 1.807) is 12.1 Å². The molecule has 0 fully saturated rings. The number of hydrogen-bond acceptors (Lipinski definition) is 4. The van der Waals surface area contributed by atoms with Crippen molar-refractivity contribution in [1.29, 1.82) is 0 Å². The van der Waals surface area contributed by atoms with Gasteiger partial charge in [0.1, 0.15) is 17.9 Å². The maximum atomic E-state index is 13.8. The van der Waals surface area contributed by atoms with Crippen molar-refractivity contribution in [1.82, 2.24) is 10.6 Å². The van der Waals surface area contributed by atoms with Gasteiger partial charge in [0.05, 0.1) is 7.11 Å². The molecule has 0 aliphatic heterocycles. The summed E-state index contributed by atoms with van der Waals surface area (Å²) in [5.74, 6) is -2.08. The van der Waals surface area contributed by atoms with Crippen molar-refractivity contribution < 1.29 is 23.5 Å². The minimum absolute atomic E-state index is 0.0343. The number of carbonyl (C=O) groups excluding carboxylic acids is 3. The second kappa shape index (κ2) is 10.2. The van der Waals surface area contributed by atoms with Crippen LogP contribution in [0.2, 0.25) is 0 Å². The van der Waals surface area contributed by atoms with E-state index in [2.05, 4.69) is 21.9 Å². The summed E-state index contributed by atoms with van der Waals surface area (Å²) in [6.45, 7) is 4.83. The molecule has 6 nitrogen and oxygen atoms in total. The number of allylic oxidation sites excluding steroid dienone is 1. The van der Waals surface area contributed by atoms with E-state index in [4.69, 9.17) is 0 Å². The Balaban J connectivity index is 2.90. The average Bonchev–Trinajstić information content (AvgIpc) is 2.58. The van der Waals surface area contributed by atoms with Crippen LogP contribution in [-0.4, -0.2) is 37.0 Å². The van der Waals surface area contributed by atoms with Crippen LogP contribution in [0.15, 0.2) is 36.9 Å². The molecule has 136 valence electrons. The van der Waals surface area contributed by atoms with Gasteiger partial charge in [-0.3, -0.25) is 9.59 Å². The SMILES string of the molecule is C=CCC[C@H](NC(=O)[C@H](Cc1ccccc1F)NC(C)=O)C(=O)OC. The van der Waals surface area contributed by atoms with E-state index in [-0.39, 0.29) is 12.0 Å². The molecule has 2 atom stereocenters. The highest BCUT2D eigenvalue weighted by atomic mass is 19.1. The molecule has 0 saturated carbocycles. The largest absolute Gasteiger partial charge is 0.467 e. The summed E-state index contributed by atoms with van der Waals surface area (Å²) < 4.78 is 18.5. The first-order valence-electron chi connectivity index (χ1n) is 7.88. The van der Waals surface area contributed by atoms with Gasteiger partial charge in [-0.2, -0.15) is 0 Å². The molecule has 0 spiro atoms. The number of benzene rings is 1. The topological polar surface area (TPSA) is 84.5 Å². The van der Waals surface area contributed by atoms with Crippen molar-refractivity contribution >= 4 is 17.8 Å². The molecule has 1 aromatic rings. The molecule has 0 aromatic heterocycles. The Kier molecular flexibility index (Phi) is 8.32. The normalized spacial score (nSPS) is 12.6. The third-order valence-electron chi connectivity index (χ3n) is 3.54. The number of methoxy groups -OCH3 is 1. The van der Waals surface area contributed by atoms with Crippen LogP contribution in [0.25, 0.3) is 0 Å². The number of esters is 1. The van der Waals surface area contributed by atoms with Gasteiger partial charge in [-0.1, -0.05) is 24.3 Å². The molecule has 0 bridgehead atoms. The molecule has 25 heavy (non-hydrogen) atoms. The molecule has 0 unspecified atom stereocenters. The van der Waals surface area contributed by atoms with Crippen LogP contribution in [0.1, 0.15) is 25.3 Å². The maximum Gasteiger partial charge on any atom is 0.328 e. The smallest absolute Gasteiger partial charge is 0.328 e. The molecule has 0 saturated heterocycles. The van der Waals surface area contributed by atoms with Crippen molar-refractivity contribution in [3.05, 3.63) is 48.3 Å². The lowest BCUT2D eigenvalue weighted by Gasteiger charge is -2.22. The van der Waals surface area contributed by atoms with Gasteiger partial charge < -0.3 is 15.4 Å². The number of nitrogens with one attached hydrogen (secondary N) is 2. The molecule has 0 radical (unpaired) electrons. The summed E-state index contributed by atoms with van der Waals surface area (Å²) in [5, 5.41) is 5.03. The van der Waals surface area contributed by atoms with Crippen LogP contribution in [0.4, 0.5) is 4.39 Å². The van der Waals surface area contributed by atoms with Gasteiger partial charge in [0.15, 0.2) is 0 Å². The second-order valence-electron chi connectivity index (χ2n) is 5.50. The number of carbonyl (C=O) groups is 3. The fourth-order valence-electron chi connectivity index (χ4n) is 2.29. The average molecular weight is 350 g/mol. The van der Waals surface area contributed by atoms with Gasteiger partial charge in [0.2, 0.25) is 11.8 Å². The van der Waals surface area contributed by atoms with Gasteiger partial charge >= 0.3 is 5.97 Å². The second-order valence-corrected chi connectivity index (χ2v) is 5.50. The lowest BCUT2D eigenvalue weighted by atomic mass is 10.0. The Bertz CT molecular complexity index is 633. The molecule has 0 heterocycles. The van der Waals surface area contributed by atoms with Crippen molar-refractivity contribution in [3.63, 3.8) is 0 Å². The number of ether oxygens (including phenoxy) is 1. The first-order chi connectivity index (χ1) is 11.9. The summed E-state index contributed by atoms with van der Waals surface area (Å²) in [7, 11) is 1.22. The Labute approximate surface area is 146 Å². The number of hydrogen-bond donors (Lipinski definition) is 2. The Morgan fingerprint density at radius 2 is 1.92 bits per heavy atom. The van der Waals surface area contributed by atoms with Crippen molar-refractivity contribution in [2.75, 3.05) is 7.11 Å². The van der Waals surface area contributed by atoms with Gasteiger partial charge in [-0.15, -0.1) is 6.58 Å². The van der Waals surface area contributed by atoms with Crippen LogP contribution >= 0.6 is 0 Å². The zero-order valence-corrected chi connectivity index (χ0v) is 14.4. The van der Waals surface area contributed by atoms with Crippen molar-refractivity contribution in [2.24, 2.45) is 0 Å². The molecule has 2 amide bonds. The highest BCUT2D eigenvalue weighted by molar-refractivity contribution is 5.90. The van der Waals surface area contributed by atoms with Gasteiger partial charge in [-0.25, -0.2) is 9.18 Å². The van der Waals surface area contributed by atoms with E-state index in [9.17, 15) is 18.8 Å². The first kappa shape index (κ1) is 20.3. The van der Waals surface area contributed by atoms with E-state index < -0.39 is 35.7 Å². The Hall–Kier alpha value is -2.70. The minimum Gasteiger partial charge on any atom is -0.467 e. The summed E-state index contributed by atoms with van der Waals surface area (Å²) in [6, 6.07) is 4.11. The highest BCUT2D eigenvalue weighted by Crippen LogP contribution is 2.10. The zero-order valence-electron chi connectivity index (χ0n) is 14.4. The van der Waals surface area contributed by atoms with E-state index in [1.165, 1.54) is 32.2 Å². The third-order valence-corrected chi connectivity index (χ3v) is 3.54. The van der Waals surface area contributed by atoms with Gasteiger partial charge in [0, 0.05) is 13.3 Å². The standard InChI is InChI=1S/C18H23FN2O4/c1-4-5-10-15(18(24)25-3)21-17(23)16(20-12(2)22)11-13-8-6-7-9-14(13)19/h4,6-9,15-16H,1,5,10-11H2,2-3H3,(H,20,22)(H,21,23)/t15-,16-/m0/s1. The number of amides is 2. The van der Waals surface area contributed by atoms with Crippen molar-refractivity contribution in [3.8, 4) is 0 Å². The lowest BCUT2D eigenvalue weighted by molar-refractivity contribution is -0.145. The molecular formula is C18H23FN2O4. The van der Waals surface area contributed by atoms with Crippen LogP contribution in [-0.2, 0) is 25.5 Å². The van der Waals surface area contributed by atoms with Crippen molar-refractivity contribution in [2.45, 2.75) is 38.3 Å². The predicted molar refractivity (Wildman–Crippen MR) is 91.1 cm³/mol. The molecule has 1 aromatic carbocycles. The fraction of sp³-hybridized carbons (Fsp3) is 0.389. The summed E-state index contributed by atoms with van der Waals surface area (Å²) in [4.78, 5) is 35.7.